The average molecular weight is 362 g/mol. The van der Waals surface area contributed by atoms with Crippen LogP contribution in [0, 0.1) is 12.7 Å². The summed E-state index contributed by atoms with van der Waals surface area (Å²) in [4.78, 5) is 13.6. The highest BCUT2D eigenvalue weighted by molar-refractivity contribution is 7.89. The molecule has 5 nitrogen and oxygen atoms in total. The van der Waals surface area contributed by atoms with E-state index in [1.54, 1.807) is 30.0 Å². The Morgan fingerprint density at radius 2 is 2.00 bits per heavy atom. The van der Waals surface area contributed by atoms with Gasteiger partial charge in [0, 0.05) is 25.2 Å². The molecule has 1 aliphatic heterocycles. The first-order valence-electron chi connectivity index (χ1n) is 8.02. The van der Waals surface area contributed by atoms with Crippen molar-refractivity contribution in [2.45, 2.75) is 31.2 Å². The van der Waals surface area contributed by atoms with Crippen molar-refractivity contribution in [2.75, 3.05) is 11.4 Å². The lowest BCUT2D eigenvalue weighted by Gasteiger charge is -2.17. The molecule has 3 rings (SSSR count). The summed E-state index contributed by atoms with van der Waals surface area (Å²) < 4.78 is 40.7. The maximum atomic E-state index is 13.2. The molecule has 1 fully saturated rings. The van der Waals surface area contributed by atoms with Gasteiger partial charge in [-0.2, -0.15) is 0 Å². The first kappa shape index (κ1) is 17.6. The quantitative estimate of drug-likeness (QED) is 0.889. The zero-order chi connectivity index (χ0) is 18.0. The van der Waals surface area contributed by atoms with E-state index >= 15 is 0 Å². The number of halogens is 1. The van der Waals surface area contributed by atoms with E-state index in [2.05, 4.69) is 4.72 Å². The van der Waals surface area contributed by atoms with Gasteiger partial charge >= 0.3 is 0 Å². The van der Waals surface area contributed by atoms with Crippen LogP contribution < -0.4 is 9.62 Å². The van der Waals surface area contributed by atoms with E-state index in [0.29, 0.717) is 29.8 Å². The van der Waals surface area contributed by atoms with E-state index in [1.165, 1.54) is 24.3 Å². The zero-order valence-corrected chi connectivity index (χ0v) is 14.6. The van der Waals surface area contributed by atoms with Crippen LogP contribution in [0.1, 0.15) is 24.0 Å². The standard InChI is InChI=1S/C18H19FN2O3S/c1-13-10-16(21-9-3-6-18(21)22)7-8-17(13)25(23,24)20-12-14-4-2-5-15(19)11-14/h2,4-5,7-8,10-11,20H,3,6,9,12H2,1H3. The van der Waals surface area contributed by atoms with Crippen molar-refractivity contribution in [2.24, 2.45) is 0 Å². The summed E-state index contributed by atoms with van der Waals surface area (Å²) in [5, 5.41) is 0. The molecule has 1 amide bonds. The van der Waals surface area contributed by atoms with E-state index in [4.69, 9.17) is 0 Å². The highest BCUT2D eigenvalue weighted by Crippen LogP contribution is 2.26. The molecule has 1 aliphatic rings. The first-order valence-corrected chi connectivity index (χ1v) is 9.50. The molecule has 1 N–H and O–H groups in total. The molecular formula is C18H19FN2O3S. The Kier molecular flexibility index (Phi) is 4.87. The molecule has 7 heteroatoms. The molecule has 0 radical (unpaired) electrons. The molecule has 1 saturated heterocycles. The van der Waals surface area contributed by atoms with Crippen LogP contribution in [-0.4, -0.2) is 20.9 Å². The van der Waals surface area contributed by atoms with Crippen LogP contribution in [0.2, 0.25) is 0 Å². The fourth-order valence-electron chi connectivity index (χ4n) is 2.93. The summed E-state index contributed by atoms with van der Waals surface area (Å²) in [5.74, 6) is -0.355. The number of hydrogen-bond donors (Lipinski definition) is 1. The van der Waals surface area contributed by atoms with Crippen molar-refractivity contribution in [3.63, 3.8) is 0 Å². The minimum atomic E-state index is -3.73. The van der Waals surface area contributed by atoms with E-state index in [0.717, 1.165) is 6.42 Å². The number of benzene rings is 2. The lowest BCUT2D eigenvalue weighted by atomic mass is 10.2. The predicted molar refractivity (Wildman–Crippen MR) is 93.2 cm³/mol. The normalized spacial score (nSPS) is 15.0. The van der Waals surface area contributed by atoms with Crippen LogP contribution >= 0.6 is 0 Å². The third-order valence-corrected chi connectivity index (χ3v) is 5.75. The largest absolute Gasteiger partial charge is 0.312 e. The lowest BCUT2D eigenvalue weighted by Crippen LogP contribution is -2.26. The van der Waals surface area contributed by atoms with Crippen molar-refractivity contribution >= 4 is 21.6 Å². The van der Waals surface area contributed by atoms with Gasteiger partial charge in [-0.3, -0.25) is 4.79 Å². The van der Waals surface area contributed by atoms with Crippen LogP contribution in [0.4, 0.5) is 10.1 Å². The van der Waals surface area contributed by atoms with E-state index in [-0.39, 0.29) is 17.3 Å². The highest BCUT2D eigenvalue weighted by atomic mass is 32.2. The summed E-state index contributed by atoms with van der Waals surface area (Å²) in [7, 11) is -3.73. The van der Waals surface area contributed by atoms with Crippen LogP contribution in [0.3, 0.4) is 0 Å². The number of rotatable bonds is 5. The molecule has 1 heterocycles. The third kappa shape index (κ3) is 3.88. The van der Waals surface area contributed by atoms with Crippen molar-refractivity contribution in [1.82, 2.24) is 4.72 Å². The van der Waals surface area contributed by atoms with Crippen LogP contribution in [0.15, 0.2) is 47.4 Å². The molecule has 0 unspecified atom stereocenters. The molecule has 0 saturated carbocycles. The number of anilines is 1. The number of amides is 1. The van der Waals surface area contributed by atoms with Crippen LogP contribution in [0.25, 0.3) is 0 Å². The molecule has 2 aromatic rings. The molecule has 25 heavy (non-hydrogen) atoms. The Balaban J connectivity index is 1.79. The fourth-order valence-corrected chi connectivity index (χ4v) is 4.17. The molecule has 0 spiro atoms. The number of nitrogens with one attached hydrogen (secondary N) is 1. The van der Waals surface area contributed by atoms with E-state index in [1.807, 2.05) is 0 Å². The smallest absolute Gasteiger partial charge is 0.241 e. The number of hydrogen-bond acceptors (Lipinski definition) is 3. The highest BCUT2D eigenvalue weighted by Gasteiger charge is 2.23. The average Bonchev–Trinajstić information content (AvgIpc) is 2.99. The maximum Gasteiger partial charge on any atom is 0.241 e. The van der Waals surface area contributed by atoms with Gasteiger partial charge in [0.2, 0.25) is 15.9 Å². The van der Waals surface area contributed by atoms with Crippen molar-refractivity contribution in [3.05, 3.63) is 59.4 Å². The molecule has 132 valence electrons. The lowest BCUT2D eigenvalue weighted by molar-refractivity contribution is -0.117. The van der Waals surface area contributed by atoms with Crippen LogP contribution in [-0.2, 0) is 21.4 Å². The summed E-state index contributed by atoms with van der Waals surface area (Å²) in [5.41, 5.74) is 1.81. The van der Waals surface area contributed by atoms with Crippen molar-refractivity contribution in [3.8, 4) is 0 Å². The minimum Gasteiger partial charge on any atom is -0.312 e. The summed E-state index contributed by atoms with van der Waals surface area (Å²) in [6.45, 7) is 2.36. The Bertz CT molecular complexity index is 912. The first-order chi connectivity index (χ1) is 11.9. The van der Waals surface area contributed by atoms with Gasteiger partial charge in [-0.1, -0.05) is 12.1 Å². The zero-order valence-electron chi connectivity index (χ0n) is 13.8. The molecule has 0 aromatic heterocycles. The number of nitrogens with zero attached hydrogens (tertiary/aromatic N) is 1. The third-order valence-electron chi connectivity index (χ3n) is 4.19. The number of carbonyl (C=O) groups excluding carboxylic acids is 1. The summed E-state index contributed by atoms with van der Waals surface area (Å²) in [6, 6.07) is 10.6. The minimum absolute atomic E-state index is 0.00585. The van der Waals surface area contributed by atoms with Crippen molar-refractivity contribution in [1.29, 1.82) is 0 Å². The molecule has 2 aromatic carbocycles. The van der Waals surface area contributed by atoms with Gasteiger partial charge in [-0.25, -0.2) is 17.5 Å². The van der Waals surface area contributed by atoms with Crippen molar-refractivity contribution < 1.29 is 17.6 Å². The second-order valence-electron chi connectivity index (χ2n) is 6.05. The van der Waals surface area contributed by atoms with Gasteiger partial charge in [0.25, 0.3) is 0 Å². The van der Waals surface area contributed by atoms with Gasteiger partial charge in [0.1, 0.15) is 5.82 Å². The Morgan fingerprint density at radius 3 is 2.64 bits per heavy atom. The van der Waals surface area contributed by atoms with Gasteiger partial charge < -0.3 is 4.90 Å². The summed E-state index contributed by atoms with van der Waals surface area (Å²) >= 11 is 0. The number of sulfonamides is 1. The van der Waals surface area contributed by atoms with Gasteiger partial charge in [0.05, 0.1) is 4.90 Å². The number of carbonyl (C=O) groups is 1. The molecule has 0 bridgehead atoms. The second kappa shape index (κ2) is 6.93. The van der Waals surface area contributed by atoms with Gasteiger partial charge in [-0.05, 0) is 54.8 Å². The Labute approximate surface area is 146 Å². The van der Waals surface area contributed by atoms with Gasteiger partial charge in [-0.15, -0.1) is 0 Å². The number of aryl methyl sites for hydroxylation is 1. The molecule has 0 atom stereocenters. The predicted octanol–water partition coefficient (Wildman–Crippen LogP) is 2.74. The van der Waals surface area contributed by atoms with E-state index < -0.39 is 15.8 Å². The fraction of sp³-hybridized carbons (Fsp3) is 0.278. The monoisotopic (exact) mass is 362 g/mol. The summed E-state index contributed by atoms with van der Waals surface area (Å²) in [6.07, 6.45) is 1.33. The van der Waals surface area contributed by atoms with Gasteiger partial charge in [0.15, 0.2) is 0 Å². The Hall–Kier alpha value is -2.25. The SMILES string of the molecule is Cc1cc(N2CCCC2=O)ccc1S(=O)(=O)NCc1cccc(F)c1. The second-order valence-corrected chi connectivity index (χ2v) is 7.79. The topological polar surface area (TPSA) is 66.5 Å². The van der Waals surface area contributed by atoms with Crippen LogP contribution in [0.5, 0.6) is 0 Å². The molecule has 0 aliphatic carbocycles. The molecular weight excluding hydrogens is 343 g/mol. The Morgan fingerprint density at radius 1 is 1.20 bits per heavy atom. The van der Waals surface area contributed by atoms with E-state index in [9.17, 15) is 17.6 Å². The maximum absolute atomic E-state index is 13.2.